The maximum atomic E-state index is 9.19. The number of hydrogen-bond acceptors (Lipinski definition) is 5. The van der Waals surface area contributed by atoms with E-state index in [0.29, 0.717) is 10.9 Å². The van der Waals surface area contributed by atoms with Crippen molar-refractivity contribution in [2.75, 3.05) is 12.4 Å². The number of thioether (sulfide) groups is 1. The summed E-state index contributed by atoms with van der Waals surface area (Å²) in [7, 11) is 0. The van der Waals surface area contributed by atoms with E-state index in [1.165, 1.54) is 11.8 Å². The molecule has 1 aromatic rings. The van der Waals surface area contributed by atoms with Gasteiger partial charge in [0.2, 0.25) is 0 Å². The van der Waals surface area contributed by atoms with Gasteiger partial charge in [0.15, 0.2) is 5.16 Å². The third kappa shape index (κ3) is 3.44. The van der Waals surface area contributed by atoms with Crippen LogP contribution in [-0.4, -0.2) is 38.6 Å². The molecule has 1 atom stereocenters. The van der Waals surface area contributed by atoms with Crippen LogP contribution in [0.3, 0.4) is 0 Å². The highest BCUT2D eigenvalue weighted by molar-refractivity contribution is 7.99. The maximum Gasteiger partial charge on any atom is 0.188 e. The monoisotopic (exact) mass is 228 g/mol. The molecule has 0 aliphatic heterocycles. The van der Waals surface area contributed by atoms with Crippen LogP contribution in [-0.2, 0) is 0 Å². The number of aromatic nitrogens is 2. The highest BCUT2D eigenvalue weighted by Gasteiger charge is 2.08. The topological polar surface area (TPSA) is 66.2 Å². The Hall–Kier alpha value is -0.650. The molecule has 0 aliphatic carbocycles. The molecule has 1 rings (SSSR count). The number of rotatable bonds is 4. The van der Waals surface area contributed by atoms with Gasteiger partial charge in [0.1, 0.15) is 0 Å². The highest BCUT2D eigenvalue weighted by Crippen LogP contribution is 2.17. The summed E-state index contributed by atoms with van der Waals surface area (Å²) in [6, 6.07) is 0. The van der Waals surface area contributed by atoms with Crippen LogP contribution in [0.2, 0.25) is 0 Å². The molecule has 1 unspecified atom stereocenters. The van der Waals surface area contributed by atoms with Gasteiger partial charge >= 0.3 is 0 Å². The van der Waals surface area contributed by atoms with E-state index in [2.05, 4.69) is 9.97 Å². The average molecular weight is 228 g/mol. The summed E-state index contributed by atoms with van der Waals surface area (Å²) < 4.78 is 0. The molecule has 84 valence electrons. The first-order chi connectivity index (χ1) is 7.04. The molecule has 0 aromatic carbocycles. The molecule has 0 radical (unpaired) electrons. The Bertz CT molecular complexity index is 321. The van der Waals surface area contributed by atoms with E-state index >= 15 is 0 Å². The number of nitrogens with zero attached hydrogens (tertiary/aromatic N) is 2. The quantitative estimate of drug-likeness (QED) is 0.590. The smallest absolute Gasteiger partial charge is 0.188 e. The van der Waals surface area contributed by atoms with Crippen molar-refractivity contribution >= 4 is 11.8 Å². The van der Waals surface area contributed by atoms with E-state index < -0.39 is 6.10 Å². The van der Waals surface area contributed by atoms with E-state index in [-0.39, 0.29) is 6.61 Å². The molecule has 15 heavy (non-hydrogen) atoms. The molecule has 0 amide bonds. The summed E-state index contributed by atoms with van der Waals surface area (Å²) >= 11 is 1.36. The zero-order valence-corrected chi connectivity index (χ0v) is 10.0. The Morgan fingerprint density at radius 3 is 2.20 bits per heavy atom. The van der Waals surface area contributed by atoms with Crippen molar-refractivity contribution in [3.05, 3.63) is 17.0 Å². The van der Waals surface area contributed by atoms with Crippen LogP contribution in [0, 0.1) is 20.8 Å². The average Bonchev–Trinajstić information content (AvgIpc) is 2.22. The van der Waals surface area contributed by atoms with E-state index in [0.717, 1.165) is 17.0 Å². The second kappa shape index (κ2) is 5.44. The molecule has 0 fully saturated rings. The number of hydrogen-bond donors (Lipinski definition) is 2. The molecule has 4 nitrogen and oxygen atoms in total. The molecule has 2 N–H and O–H groups in total. The van der Waals surface area contributed by atoms with Crippen molar-refractivity contribution in [2.24, 2.45) is 0 Å². The first-order valence-corrected chi connectivity index (χ1v) is 5.76. The molecule has 1 heterocycles. The minimum Gasteiger partial charge on any atom is -0.394 e. The lowest BCUT2D eigenvalue weighted by molar-refractivity contribution is 0.113. The predicted molar refractivity (Wildman–Crippen MR) is 60.1 cm³/mol. The van der Waals surface area contributed by atoms with E-state index in [1.807, 2.05) is 20.8 Å². The van der Waals surface area contributed by atoms with E-state index in [9.17, 15) is 5.11 Å². The lowest BCUT2D eigenvalue weighted by Gasteiger charge is -2.08. The summed E-state index contributed by atoms with van der Waals surface area (Å²) in [5, 5.41) is 18.5. The van der Waals surface area contributed by atoms with Gasteiger partial charge in [0.05, 0.1) is 12.7 Å². The molecule has 0 bridgehead atoms. The standard InChI is InChI=1S/C10H16N2O2S/c1-6-7(2)11-10(12-8(6)3)15-5-9(14)4-13/h9,13-14H,4-5H2,1-3H3. The molecule has 0 aliphatic rings. The summed E-state index contributed by atoms with van der Waals surface area (Å²) in [6.45, 7) is 5.64. The first kappa shape index (κ1) is 12.4. The van der Waals surface area contributed by atoms with Crippen molar-refractivity contribution < 1.29 is 10.2 Å². The summed E-state index contributed by atoms with van der Waals surface area (Å²) in [6.07, 6.45) is -0.708. The number of aliphatic hydroxyl groups excluding tert-OH is 2. The molecule has 1 aromatic heterocycles. The Kier molecular flexibility index (Phi) is 4.50. The minimum atomic E-state index is -0.708. The SMILES string of the molecule is Cc1nc(SCC(O)CO)nc(C)c1C. The van der Waals surface area contributed by atoms with Crippen LogP contribution in [0.4, 0.5) is 0 Å². The van der Waals surface area contributed by atoms with Gasteiger partial charge in [-0.3, -0.25) is 0 Å². The zero-order chi connectivity index (χ0) is 11.4. The Morgan fingerprint density at radius 1 is 1.20 bits per heavy atom. The van der Waals surface area contributed by atoms with Crippen molar-refractivity contribution in [3.63, 3.8) is 0 Å². The largest absolute Gasteiger partial charge is 0.394 e. The van der Waals surface area contributed by atoms with Gasteiger partial charge in [0, 0.05) is 17.1 Å². The van der Waals surface area contributed by atoms with E-state index in [4.69, 9.17) is 5.11 Å². The van der Waals surface area contributed by atoms with Gasteiger partial charge in [-0.15, -0.1) is 0 Å². The Balaban J connectivity index is 2.70. The van der Waals surface area contributed by atoms with Gasteiger partial charge < -0.3 is 10.2 Å². The van der Waals surface area contributed by atoms with Crippen molar-refractivity contribution in [1.29, 1.82) is 0 Å². The first-order valence-electron chi connectivity index (χ1n) is 4.78. The van der Waals surface area contributed by atoms with Gasteiger partial charge in [-0.25, -0.2) is 9.97 Å². The normalized spacial score (nSPS) is 12.9. The maximum absolute atomic E-state index is 9.19. The van der Waals surface area contributed by atoms with Crippen molar-refractivity contribution in [2.45, 2.75) is 32.0 Å². The van der Waals surface area contributed by atoms with Crippen LogP contribution >= 0.6 is 11.8 Å². The third-order valence-electron chi connectivity index (χ3n) is 2.23. The van der Waals surface area contributed by atoms with Gasteiger partial charge in [-0.1, -0.05) is 11.8 Å². The second-order valence-corrected chi connectivity index (χ2v) is 4.44. The van der Waals surface area contributed by atoms with Gasteiger partial charge in [-0.05, 0) is 26.3 Å². The summed E-state index contributed by atoms with van der Waals surface area (Å²) in [4.78, 5) is 8.60. The fourth-order valence-electron chi connectivity index (χ4n) is 1.03. The minimum absolute atomic E-state index is 0.225. The zero-order valence-electron chi connectivity index (χ0n) is 9.19. The van der Waals surface area contributed by atoms with Gasteiger partial charge in [-0.2, -0.15) is 0 Å². The Labute approximate surface area is 93.8 Å². The molecule has 0 saturated heterocycles. The summed E-state index contributed by atoms with van der Waals surface area (Å²) in [5.74, 6) is 0.415. The molecule has 0 spiro atoms. The molecule has 0 saturated carbocycles. The molecular formula is C10H16N2O2S. The van der Waals surface area contributed by atoms with Crippen LogP contribution in [0.1, 0.15) is 17.0 Å². The lowest BCUT2D eigenvalue weighted by atomic mass is 10.2. The second-order valence-electron chi connectivity index (χ2n) is 3.45. The van der Waals surface area contributed by atoms with Crippen molar-refractivity contribution in [3.8, 4) is 0 Å². The highest BCUT2D eigenvalue weighted by atomic mass is 32.2. The predicted octanol–water partition coefficient (Wildman–Crippen LogP) is 0.847. The number of aryl methyl sites for hydroxylation is 2. The van der Waals surface area contributed by atoms with Crippen LogP contribution in [0.5, 0.6) is 0 Å². The van der Waals surface area contributed by atoms with Crippen LogP contribution in [0.15, 0.2) is 5.16 Å². The Morgan fingerprint density at radius 2 is 1.73 bits per heavy atom. The fourth-order valence-corrected chi connectivity index (χ4v) is 1.88. The summed E-state index contributed by atoms with van der Waals surface area (Å²) in [5.41, 5.74) is 3.02. The van der Waals surface area contributed by atoms with Crippen molar-refractivity contribution in [1.82, 2.24) is 9.97 Å². The third-order valence-corrected chi connectivity index (χ3v) is 3.22. The van der Waals surface area contributed by atoms with Crippen LogP contribution < -0.4 is 0 Å². The molecule has 5 heteroatoms. The van der Waals surface area contributed by atoms with Gasteiger partial charge in [0.25, 0.3) is 0 Å². The number of aliphatic hydroxyl groups is 2. The van der Waals surface area contributed by atoms with E-state index in [1.54, 1.807) is 0 Å². The van der Waals surface area contributed by atoms with Crippen LogP contribution in [0.25, 0.3) is 0 Å². The lowest BCUT2D eigenvalue weighted by Crippen LogP contribution is -2.15. The fraction of sp³-hybridized carbons (Fsp3) is 0.600. The molecular weight excluding hydrogens is 212 g/mol.